The standard InChI is InChI=1S/C13H10BrClN2OS/c14-11-5-9(6-15)1-2-12(11)18-8-10-7-17-3-4-19-13(17)16-10/h1-5,7H,6,8H2. The summed E-state index contributed by atoms with van der Waals surface area (Å²) in [6, 6.07) is 5.84. The van der Waals surface area contributed by atoms with Gasteiger partial charge in [-0.05, 0) is 33.6 Å². The Balaban J connectivity index is 1.73. The number of rotatable bonds is 4. The van der Waals surface area contributed by atoms with E-state index in [0.717, 1.165) is 26.4 Å². The van der Waals surface area contributed by atoms with E-state index in [1.165, 1.54) is 0 Å². The van der Waals surface area contributed by atoms with Gasteiger partial charge in [-0.1, -0.05) is 6.07 Å². The number of nitrogens with zero attached hydrogens (tertiary/aromatic N) is 2. The number of fused-ring (bicyclic) bond motifs is 1. The molecule has 0 spiro atoms. The highest BCUT2D eigenvalue weighted by molar-refractivity contribution is 9.10. The molecule has 0 radical (unpaired) electrons. The fourth-order valence-corrected chi connectivity index (χ4v) is 3.17. The number of hydrogen-bond donors (Lipinski definition) is 0. The zero-order valence-electron chi connectivity index (χ0n) is 9.85. The quantitative estimate of drug-likeness (QED) is 0.644. The van der Waals surface area contributed by atoms with Crippen LogP contribution in [0, 0.1) is 0 Å². The van der Waals surface area contributed by atoms with Crippen LogP contribution in [0.3, 0.4) is 0 Å². The van der Waals surface area contributed by atoms with Crippen LogP contribution in [0.5, 0.6) is 5.75 Å². The molecule has 0 bridgehead atoms. The summed E-state index contributed by atoms with van der Waals surface area (Å²) in [6.07, 6.45) is 3.97. The number of hydrogen-bond acceptors (Lipinski definition) is 3. The maximum Gasteiger partial charge on any atom is 0.193 e. The SMILES string of the molecule is ClCc1ccc(OCc2cn3ccsc3n2)c(Br)c1. The molecule has 3 nitrogen and oxygen atoms in total. The lowest BCUT2D eigenvalue weighted by Crippen LogP contribution is -1.96. The molecule has 0 fully saturated rings. The summed E-state index contributed by atoms with van der Waals surface area (Å²) >= 11 is 10.9. The molecule has 2 heterocycles. The summed E-state index contributed by atoms with van der Waals surface area (Å²) in [4.78, 5) is 5.45. The van der Waals surface area contributed by atoms with Crippen molar-refractivity contribution in [3.63, 3.8) is 0 Å². The van der Waals surface area contributed by atoms with E-state index in [1.54, 1.807) is 11.3 Å². The topological polar surface area (TPSA) is 26.5 Å². The van der Waals surface area contributed by atoms with E-state index in [4.69, 9.17) is 16.3 Å². The van der Waals surface area contributed by atoms with Gasteiger partial charge in [0.1, 0.15) is 12.4 Å². The predicted octanol–water partition coefficient (Wildman–Crippen LogP) is 4.48. The lowest BCUT2D eigenvalue weighted by atomic mass is 10.2. The number of halogens is 2. The number of benzene rings is 1. The summed E-state index contributed by atoms with van der Waals surface area (Å²) in [5, 5.41) is 2.01. The highest BCUT2D eigenvalue weighted by Crippen LogP contribution is 2.27. The van der Waals surface area contributed by atoms with Crippen LogP contribution in [0.25, 0.3) is 4.96 Å². The molecule has 98 valence electrons. The summed E-state index contributed by atoms with van der Waals surface area (Å²) < 4.78 is 8.66. The van der Waals surface area contributed by atoms with Gasteiger partial charge in [-0.25, -0.2) is 4.98 Å². The van der Waals surface area contributed by atoms with Crippen LogP contribution in [-0.4, -0.2) is 9.38 Å². The lowest BCUT2D eigenvalue weighted by Gasteiger charge is -2.07. The van der Waals surface area contributed by atoms with Crippen molar-refractivity contribution in [3.8, 4) is 5.75 Å². The first-order valence-corrected chi connectivity index (χ1v) is 7.85. The van der Waals surface area contributed by atoms with Crippen LogP contribution in [0.4, 0.5) is 0 Å². The van der Waals surface area contributed by atoms with Crippen molar-refractivity contribution in [1.29, 1.82) is 0 Å². The smallest absolute Gasteiger partial charge is 0.193 e. The molecular weight excluding hydrogens is 348 g/mol. The van der Waals surface area contributed by atoms with Crippen molar-refractivity contribution < 1.29 is 4.74 Å². The van der Waals surface area contributed by atoms with Gasteiger partial charge in [0.15, 0.2) is 4.96 Å². The van der Waals surface area contributed by atoms with Crippen molar-refractivity contribution >= 4 is 43.8 Å². The Labute approximate surface area is 127 Å². The monoisotopic (exact) mass is 356 g/mol. The number of alkyl halides is 1. The molecule has 2 aromatic heterocycles. The predicted molar refractivity (Wildman–Crippen MR) is 81.1 cm³/mol. The third kappa shape index (κ3) is 2.78. The van der Waals surface area contributed by atoms with Gasteiger partial charge in [0, 0.05) is 23.7 Å². The third-order valence-corrected chi connectivity index (χ3v) is 4.37. The van der Waals surface area contributed by atoms with Crippen LogP contribution in [0.15, 0.2) is 40.4 Å². The van der Waals surface area contributed by atoms with Gasteiger partial charge >= 0.3 is 0 Å². The Morgan fingerprint density at radius 3 is 3.05 bits per heavy atom. The van der Waals surface area contributed by atoms with Crippen LogP contribution in [-0.2, 0) is 12.5 Å². The average Bonchev–Trinajstić information content (AvgIpc) is 2.98. The number of imidazole rings is 1. The van der Waals surface area contributed by atoms with Gasteiger partial charge in [-0.3, -0.25) is 4.40 Å². The van der Waals surface area contributed by atoms with E-state index in [-0.39, 0.29) is 0 Å². The minimum absolute atomic E-state index is 0.452. The fourth-order valence-electron chi connectivity index (χ4n) is 1.74. The summed E-state index contributed by atoms with van der Waals surface area (Å²) in [5.41, 5.74) is 1.98. The average molecular weight is 358 g/mol. The third-order valence-electron chi connectivity index (χ3n) is 2.67. The molecule has 0 saturated carbocycles. The second kappa shape index (κ2) is 5.53. The maximum atomic E-state index is 5.78. The van der Waals surface area contributed by atoms with Gasteiger partial charge < -0.3 is 4.74 Å². The molecule has 3 aromatic rings. The maximum absolute atomic E-state index is 5.78. The van der Waals surface area contributed by atoms with E-state index < -0.39 is 0 Å². The highest BCUT2D eigenvalue weighted by Gasteiger charge is 2.06. The molecule has 19 heavy (non-hydrogen) atoms. The molecule has 0 aliphatic heterocycles. The van der Waals surface area contributed by atoms with E-state index >= 15 is 0 Å². The molecule has 0 aliphatic rings. The largest absolute Gasteiger partial charge is 0.486 e. The summed E-state index contributed by atoms with van der Waals surface area (Å²) in [7, 11) is 0. The van der Waals surface area contributed by atoms with Crippen molar-refractivity contribution in [2.75, 3.05) is 0 Å². The highest BCUT2D eigenvalue weighted by atomic mass is 79.9. The Bertz CT molecular complexity index is 681. The van der Waals surface area contributed by atoms with Crippen LogP contribution in [0.2, 0.25) is 0 Å². The molecule has 0 N–H and O–H groups in total. The zero-order valence-corrected chi connectivity index (χ0v) is 13.0. The number of aromatic nitrogens is 2. The molecule has 0 unspecified atom stereocenters. The molecule has 0 atom stereocenters. The van der Waals surface area contributed by atoms with Crippen LogP contribution >= 0.6 is 38.9 Å². The molecular formula is C13H10BrClN2OS. The second-order valence-corrected chi connectivity index (χ2v) is 6.01. The van der Waals surface area contributed by atoms with Crippen molar-refractivity contribution in [2.45, 2.75) is 12.5 Å². The first-order valence-electron chi connectivity index (χ1n) is 5.64. The van der Waals surface area contributed by atoms with E-state index in [2.05, 4.69) is 20.9 Å². The van der Waals surface area contributed by atoms with E-state index in [1.807, 2.05) is 40.4 Å². The minimum Gasteiger partial charge on any atom is -0.486 e. The van der Waals surface area contributed by atoms with E-state index in [9.17, 15) is 0 Å². The number of thiazole rings is 1. The zero-order chi connectivity index (χ0) is 13.2. The van der Waals surface area contributed by atoms with Gasteiger partial charge in [0.25, 0.3) is 0 Å². The fraction of sp³-hybridized carbons (Fsp3) is 0.154. The van der Waals surface area contributed by atoms with Crippen LogP contribution < -0.4 is 4.74 Å². The molecule has 1 aromatic carbocycles. The molecule has 0 saturated heterocycles. The molecule has 0 amide bonds. The molecule has 0 aliphatic carbocycles. The Kier molecular flexibility index (Phi) is 3.77. The van der Waals surface area contributed by atoms with Gasteiger partial charge in [-0.2, -0.15) is 0 Å². The lowest BCUT2D eigenvalue weighted by molar-refractivity contribution is 0.300. The van der Waals surface area contributed by atoms with Crippen molar-refractivity contribution in [2.24, 2.45) is 0 Å². The van der Waals surface area contributed by atoms with Crippen molar-refractivity contribution in [3.05, 3.63) is 51.7 Å². The normalized spacial score (nSPS) is 11.1. The van der Waals surface area contributed by atoms with Gasteiger partial charge in [0.2, 0.25) is 0 Å². The number of ether oxygens (including phenoxy) is 1. The van der Waals surface area contributed by atoms with Gasteiger partial charge in [-0.15, -0.1) is 22.9 Å². The minimum atomic E-state index is 0.452. The van der Waals surface area contributed by atoms with Gasteiger partial charge in [0.05, 0.1) is 10.2 Å². The Hall–Kier alpha value is -1.04. The second-order valence-electron chi connectivity index (χ2n) is 4.01. The molecule has 6 heteroatoms. The Morgan fingerprint density at radius 1 is 1.42 bits per heavy atom. The first-order chi connectivity index (χ1) is 9.26. The summed E-state index contributed by atoms with van der Waals surface area (Å²) in [5.74, 6) is 1.29. The van der Waals surface area contributed by atoms with E-state index in [0.29, 0.717) is 12.5 Å². The summed E-state index contributed by atoms with van der Waals surface area (Å²) in [6.45, 7) is 0.452. The first kappa shape index (κ1) is 13.0. The Morgan fingerprint density at radius 2 is 2.32 bits per heavy atom. The van der Waals surface area contributed by atoms with Crippen molar-refractivity contribution in [1.82, 2.24) is 9.38 Å². The molecule has 3 rings (SSSR count). The van der Waals surface area contributed by atoms with Crippen LogP contribution in [0.1, 0.15) is 11.3 Å².